The van der Waals surface area contributed by atoms with Crippen molar-refractivity contribution < 1.29 is 0 Å². The summed E-state index contributed by atoms with van der Waals surface area (Å²) >= 11 is 0. The summed E-state index contributed by atoms with van der Waals surface area (Å²) in [7, 11) is 1.84. The lowest BCUT2D eigenvalue weighted by Crippen LogP contribution is -2.63. The predicted octanol–water partition coefficient (Wildman–Crippen LogP) is 0.673. The molecule has 3 aliphatic heterocycles. The van der Waals surface area contributed by atoms with Gasteiger partial charge in [0.1, 0.15) is 0 Å². The number of hydrogen-bond acceptors (Lipinski definition) is 4. The maximum absolute atomic E-state index is 4.50. The lowest BCUT2D eigenvalue weighted by molar-refractivity contribution is 0.0154. The molecular formula is C17H32IN7. The summed E-state index contributed by atoms with van der Waals surface area (Å²) in [6.07, 6.45) is 1.03. The molecule has 3 saturated heterocycles. The van der Waals surface area contributed by atoms with E-state index < -0.39 is 0 Å². The highest BCUT2D eigenvalue weighted by atomic mass is 127. The van der Waals surface area contributed by atoms with Crippen LogP contribution in [0.4, 0.5) is 0 Å². The summed E-state index contributed by atoms with van der Waals surface area (Å²) in [6.45, 7) is 13.0. The Labute approximate surface area is 168 Å². The largest absolute Gasteiger partial charge is 0.356 e. The van der Waals surface area contributed by atoms with Gasteiger partial charge < -0.3 is 10.6 Å². The lowest BCUT2D eigenvalue weighted by atomic mass is 10.1. The van der Waals surface area contributed by atoms with Crippen LogP contribution in [-0.4, -0.2) is 84.4 Å². The van der Waals surface area contributed by atoms with Crippen molar-refractivity contribution in [3.63, 3.8) is 0 Å². The van der Waals surface area contributed by atoms with Gasteiger partial charge in [-0.1, -0.05) is 0 Å². The smallest absolute Gasteiger partial charge is 0.191 e. The molecule has 4 rings (SSSR count). The van der Waals surface area contributed by atoms with E-state index in [-0.39, 0.29) is 24.0 Å². The molecule has 8 heteroatoms. The van der Waals surface area contributed by atoms with Gasteiger partial charge in [-0.15, -0.1) is 24.0 Å². The zero-order chi connectivity index (χ0) is 16.9. The number of halogens is 1. The van der Waals surface area contributed by atoms with Gasteiger partial charge in [-0.3, -0.25) is 19.5 Å². The Morgan fingerprint density at radius 3 is 2.56 bits per heavy atom. The highest BCUT2D eigenvalue weighted by Gasteiger charge is 2.31. The number of aryl methyl sites for hydroxylation is 3. The molecule has 1 aromatic rings. The van der Waals surface area contributed by atoms with Crippen molar-refractivity contribution in [3.05, 3.63) is 17.5 Å². The van der Waals surface area contributed by atoms with E-state index in [9.17, 15) is 0 Å². The minimum absolute atomic E-state index is 0. The monoisotopic (exact) mass is 461 g/mol. The van der Waals surface area contributed by atoms with Crippen molar-refractivity contribution >= 4 is 29.9 Å². The Bertz CT molecular complexity index is 563. The normalized spacial score (nSPS) is 25.6. The summed E-state index contributed by atoms with van der Waals surface area (Å²) < 4.78 is 2.08. The molecule has 0 aromatic carbocycles. The van der Waals surface area contributed by atoms with Gasteiger partial charge in [-0.25, -0.2) is 0 Å². The minimum Gasteiger partial charge on any atom is -0.356 e. The Balaban J connectivity index is 0.00000225. The van der Waals surface area contributed by atoms with E-state index >= 15 is 0 Å². The summed E-state index contributed by atoms with van der Waals surface area (Å²) in [5, 5.41) is 11.4. The SMILES string of the molecule is CN=C(NCCCn1nc(C)cc1C)NCC1CN2CCN1CC2.I. The van der Waals surface area contributed by atoms with Crippen LogP contribution in [0.2, 0.25) is 0 Å². The first kappa shape index (κ1) is 20.4. The molecule has 7 nitrogen and oxygen atoms in total. The van der Waals surface area contributed by atoms with E-state index in [1.165, 1.54) is 38.4 Å². The molecular weight excluding hydrogens is 429 g/mol. The molecule has 0 amide bonds. The van der Waals surface area contributed by atoms with Crippen molar-refractivity contribution in [2.45, 2.75) is 32.9 Å². The van der Waals surface area contributed by atoms with Gasteiger partial charge in [-0.2, -0.15) is 5.10 Å². The number of piperazine rings is 3. The number of nitrogens with zero attached hydrogens (tertiary/aromatic N) is 5. The van der Waals surface area contributed by atoms with E-state index in [4.69, 9.17) is 0 Å². The Morgan fingerprint density at radius 2 is 2.00 bits per heavy atom. The highest BCUT2D eigenvalue weighted by molar-refractivity contribution is 14.0. The van der Waals surface area contributed by atoms with Gasteiger partial charge >= 0.3 is 0 Å². The number of fused-ring (bicyclic) bond motifs is 3. The van der Waals surface area contributed by atoms with Crippen LogP contribution in [-0.2, 0) is 6.54 Å². The first-order valence-electron chi connectivity index (χ1n) is 9.07. The van der Waals surface area contributed by atoms with Crippen LogP contribution in [0, 0.1) is 13.8 Å². The van der Waals surface area contributed by atoms with Crippen molar-refractivity contribution in [3.8, 4) is 0 Å². The van der Waals surface area contributed by atoms with Gasteiger partial charge in [0.05, 0.1) is 5.69 Å². The van der Waals surface area contributed by atoms with Crippen LogP contribution in [0.5, 0.6) is 0 Å². The van der Waals surface area contributed by atoms with E-state index in [0.717, 1.165) is 37.7 Å². The molecule has 25 heavy (non-hydrogen) atoms. The van der Waals surface area contributed by atoms with Gasteiger partial charge in [0.2, 0.25) is 0 Å². The second-order valence-electron chi connectivity index (χ2n) is 6.87. The van der Waals surface area contributed by atoms with Gasteiger partial charge in [0.25, 0.3) is 0 Å². The fourth-order valence-electron chi connectivity index (χ4n) is 3.69. The second-order valence-corrected chi connectivity index (χ2v) is 6.87. The van der Waals surface area contributed by atoms with Crippen LogP contribution in [0.3, 0.4) is 0 Å². The molecule has 2 N–H and O–H groups in total. The standard InChI is InChI=1S/C17H31N7.HI/c1-14-11-15(2)24(21-14)6-4-5-19-17(18-3)20-12-16-13-22-7-9-23(16)10-8-22;/h11,16H,4-10,12-13H2,1-3H3,(H2,18,19,20);1H. The average Bonchev–Trinajstić information content (AvgIpc) is 2.93. The van der Waals surface area contributed by atoms with E-state index in [1.54, 1.807) is 0 Å². The highest BCUT2D eigenvalue weighted by Crippen LogP contribution is 2.14. The van der Waals surface area contributed by atoms with Gasteiger partial charge in [0.15, 0.2) is 5.96 Å². The molecule has 4 heterocycles. The molecule has 1 unspecified atom stereocenters. The number of rotatable bonds is 6. The van der Waals surface area contributed by atoms with Gasteiger partial charge in [0, 0.05) is 71.1 Å². The van der Waals surface area contributed by atoms with E-state index in [0.29, 0.717) is 6.04 Å². The molecule has 0 spiro atoms. The molecule has 0 radical (unpaired) electrons. The fourth-order valence-corrected chi connectivity index (χ4v) is 3.69. The molecule has 3 aliphatic rings. The number of aliphatic imine (C=N–C) groups is 1. The third kappa shape index (κ3) is 5.55. The maximum Gasteiger partial charge on any atom is 0.191 e. The van der Waals surface area contributed by atoms with Crippen LogP contribution in [0.15, 0.2) is 11.1 Å². The summed E-state index contributed by atoms with van der Waals surface area (Å²) in [5.41, 5.74) is 2.32. The first-order chi connectivity index (χ1) is 11.7. The molecule has 0 saturated carbocycles. The van der Waals surface area contributed by atoms with Gasteiger partial charge in [-0.05, 0) is 26.3 Å². The molecule has 0 aliphatic carbocycles. The zero-order valence-electron chi connectivity index (χ0n) is 15.7. The maximum atomic E-state index is 4.50. The third-order valence-electron chi connectivity index (χ3n) is 5.06. The molecule has 3 fully saturated rings. The fraction of sp³-hybridized carbons (Fsp3) is 0.765. The molecule has 1 atom stereocenters. The van der Waals surface area contributed by atoms with Crippen molar-refractivity contribution in [2.24, 2.45) is 4.99 Å². The van der Waals surface area contributed by atoms with Crippen molar-refractivity contribution in [1.29, 1.82) is 0 Å². The molecule has 142 valence electrons. The quantitative estimate of drug-likeness (QED) is 0.283. The topological polar surface area (TPSA) is 60.7 Å². The van der Waals surface area contributed by atoms with Crippen LogP contribution in [0.1, 0.15) is 17.8 Å². The average molecular weight is 461 g/mol. The second kappa shape index (κ2) is 9.72. The minimum atomic E-state index is 0. The zero-order valence-corrected chi connectivity index (χ0v) is 18.0. The van der Waals surface area contributed by atoms with Crippen molar-refractivity contribution in [2.75, 3.05) is 52.9 Å². The summed E-state index contributed by atoms with van der Waals surface area (Å²) in [6, 6.07) is 2.73. The van der Waals surface area contributed by atoms with Crippen LogP contribution >= 0.6 is 24.0 Å². The number of hydrogen-bond donors (Lipinski definition) is 2. The first-order valence-corrected chi connectivity index (χ1v) is 9.07. The van der Waals surface area contributed by atoms with Crippen LogP contribution < -0.4 is 10.6 Å². The Kier molecular flexibility index (Phi) is 7.95. The van der Waals surface area contributed by atoms with E-state index in [1.807, 2.05) is 14.0 Å². The van der Waals surface area contributed by atoms with E-state index in [2.05, 4.69) is 48.2 Å². The summed E-state index contributed by atoms with van der Waals surface area (Å²) in [5.74, 6) is 0.904. The Hall–Kier alpha value is -0.870. The van der Waals surface area contributed by atoms with Crippen molar-refractivity contribution in [1.82, 2.24) is 30.2 Å². The lowest BCUT2D eigenvalue weighted by Gasteiger charge is -2.47. The summed E-state index contributed by atoms with van der Waals surface area (Å²) in [4.78, 5) is 9.51. The van der Waals surface area contributed by atoms with Crippen LogP contribution in [0.25, 0.3) is 0 Å². The number of aromatic nitrogens is 2. The molecule has 2 bridgehead atoms. The number of nitrogens with one attached hydrogen (secondary N) is 2. The third-order valence-corrected chi connectivity index (χ3v) is 5.06. The predicted molar refractivity (Wildman–Crippen MR) is 113 cm³/mol. The molecule has 1 aromatic heterocycles. The Morgan fingerprint density at radius 1 is 1.24 bits per heavy atom. The number of guanidine groups is 1.